The molecule has 0 radical (unpaired) electrons. The number of nitrogens with one attached hydrogen (secondary N) is 1. The molecule has 0 fully saturated rings. The maximum atomic E-state index is 11.8. The zero-order chi connectivity index (χ0) is 14.1. The largest absolute Gasteiger partial charge is 0.480 e. The highest BCUT2D eigenvalue weighted by Crippen LogP contribution is 1.98. The molecule has 1 atom stereocenters. The van der Waals surface area contributed by atoms with E-state index < -0.39 is 30.4 Å². The van der Waals surface area contributed by atoms with Crippen LogP contribution in [0.15, 0.2) is 0 Å². The summed E-state index contributed by atoms with van der Waals surface area (Å²) in [5.74, 6) is -2.03. The predicted molar refractivity (Wildman–Crippen MR) is 65.9 cm³/mol. The highest BCUT2D eigenvalue weighted by atomic mass is 16.4. The second-order valence-corrected chi connectivity index (χ2v) is 3.94. The number of carbonyl (C=O) groups excluding carboxylic acids is 2. The first kappa shape index (κ1) is 16.2. The number of nitrogens with zero attached hydrogens (tertiary/aromatic N) is 1. The van der Waals surface area contributed by atoms with Crippen LogP contribution in [0.3, 0.4) is 0 Å². The summed E-state index contributed by atoms with van der Waals surface area (Å²) in [6, 6.07) is -1.76. The maximum Gasteiger partial charge on any atom is 0.326 e. The van der Waals surface area contributed by atoms with Crippen molar-refractivity contribution in [1.29, 1.82) is 0 Å². The fourth-order valence-corrected chi connectivity index (χ4v) is 1.39. The van der Waals surface area contributed by atoms with Gasteiger partial charge in [-0.1, -0.05) is 13.3 Å². The average molecular weight is 259 g/mol. The Morgan fingerprint density at radius 3 is 2.33 bits per heavy atom. The van der Waals surface area contributed by atoms with Gasteiger partial charge < -0.3 is 21.1 Å². The number of carboxylic acid groups (broad SMARTS) is 1. The van der Waals surface area contributed by atoms with Crippen LogP contribution in [0.1, 0.15) is 33.1 Å². The number of aliphatic carboxylic acids is 1. The Kier molecular flexibility index (Phi) is 7.50. The summed E-state index contributed by atoms with van der Waals surface area (Å²) >= 11 is 0. The summed E-state index contributed by atoms with van der Waals surface area (Å²) in [5.41, 5.74) is 4.93. The minimum Gasteiger partial charge on any atom is -0.480 e. The van der Waals surface area contributed by atoms with Crippen molar-refractivity contribution < 1.29 is 19.5 Å². The predicted octanol–water partition coefficient (Wildman–Crippen LogP) is 0.147. The first-order chi connectivity index (χ1) is 8.42. The van der Waals surface area contributed by atoms with Gasteiger partial charge in [-0.25, -0.2) is 9.59 Å². The summed E-state index contributed by atoms with van der Waals surface area (Å²) in [5, 5.41) is 11.2. The average Bonchev–Trinajstić information content (AvgIpc) is 2.28. The summed E-state index contributed by atoms with van der Waals surface area (Å²) in [4.78, 5) is 34.8. The van der Waals surface area contributed by atoms with Gasteiger partial charge in [-0.05, 0) is 13.3 Å². The Morgan fingerprint density at radius 2 is 1.94 bits per heavy atom. The normalized spacial score (nSPS) is 11.7. The van der Waals surface area contributed by atoms with Crippen LogP contribution in [-0.4, -0.2) is 47.0 Å². The summed E-state index contributed by atoms with van der Waals surface area (Å²) in [7, 11) is 0. The van der Waals surface area contributed by atoms with Crippen LogP contribution in [0.4, 0.5) is 4.79 Å². The molecule has 0 aliphatic rings. The van der Waals surface area contributed by atoms with E-state index in [2.05, 4.69) is 5.32 Å². The lowest BCUT2D eigenvalue weighted by atomic mass is 10.2. The quantitative estimate of drug-likeness (QED) is 0.575. The van der Waals surface area contributed by atoms with Gasteiger partial charge >= 0.3 is 12.0 Å². The van der Waals surface area contributed by atoms with Gasteiger partial charge in [-0.15, -0.1) is 0 Å². The molecule has 0 aliphatic heterocycles. The van der Waals surface area contributed by atoms with E-state index >= 15 is 0 Å². The molecule has 0 unspecified atom stereocenters. The van der Waals surface area contributed by atoms with Gasteiger partial charge in [0.15, 0.2) is 0 Å². The van der Waals surface area contributed by atoms with E-state index in [9.17, 15) is 14.4 Å². The molecule has 0 rings (SSSR count). The molecule has 0 aromatic carbocycles. The third-order valence-corrected chi connectivity index (χ3v) is 2.45. The van der Waals surface area contributed by atoms with Crippen LogP contribution in [0.2, 0.25) is 0 Å². The number of hydrogen-bond donors (Lipinski definition) is 3. The Hall–Kier alpha value is -1.79. The van der Waals surface area contributed by atoms with Crippen LogP contribution in [-0.2, 0) is 9.59 Å². The fourth-order valence-electron chi connectivity index (χ4n) is 1.39. The molecular weight excluding hydrogens is 238 g/mol. The van der Waals surface area contributed by atoms with Gasteiger partial charge in [0.2, 0.25) is 5.91 Å². The number of urea groups is 1. The van der Waals surface area contributed by atoms with E-state index in [-0.39, 0.29) is 0 Å². The second kappa shape index (κ2) is 8.32. The minimum atomic E-state index is -1.27. The number of nitrogens with two attached hydrogens (primary N) is 1. The Bertz CT molecular complexity index is 307. The number of rotatable bonds is 8. The number of carboxylic acids is 1. The van der Waals surface area contributed by atoms with Gasteiger partial charge in [0, 0.05) is 13.1 Å². The SMILES string of the molecule is CCCCN(CC)C(=O)N[C@H](CC(N)=O)C(=O)O. The van der Waals surface area contributed by atoms with Crippen LogP contribution < -0.4 is 11.1 Å². The van der Waals surface area contributed by atoms with Gasteiger partial charge in [0.25, 0.3) is 0 Å². The van der Waals surface area contributed by atoms with Crippen molar-refractivity contribution in [2.45, 2.75) is 39.2 Å². The van der Waals surface area contributed by atoms with E-state index in [1.54, 1.807) is 6.92 Å². The molecule has 4 N–H and O–H groups in total. The molecule has 0 saturated carbocycles. The molecule has 18 heavy (non-hydrogen) atoms. The highest BCUT2D eigenvalue weighted by Gasteiger charge is 2.24. The first-order valence-electron chi connectivity index (χ1n) is 5.98. The van der Waals surface area contributed by atoms with Crippen LogP contribution >= 0.6 is 0 Å². The van der Waals surface area contributed by atoms with Gasteiger partial charge in [0.1, 0.15) is 6.04 Å². The lowest BCUT2D eigenvalue weighted by molar-refractivity contribution is -0.140. The van der Waals surface area contributed by atoms with Crippen LogP contribution in [0.5, 0.6) is 0 Å². The number of hydrogen-bond acceptors (Lipinski definition) is 3. The molecule has 0 aliphatic carbocycles. The molecule has 7 heteroatoms. The molecule has 0 spiro atoms. The second-order valence-electron chi connectivity index (χ2n) is 3.94. The Balaban J connectivity index is 4.46. The third kappa shape index (κ3) is 6.07. The zero-order valence-corrected chi connectivity index (χ0v) is 10.8. The van der Waals surface area contributed by atoms with Crippen molar-refractivity contribution in [2.24, 2.45) is 5.73 Å². The van der Waals surface area contributed by atoms with E-state index in [1.165, 1.54) is 4.90 Å². The maximum absolute atomic E-state index is 11.8. The van der Waals surface area contributed by atoms with Crippen molar-refractivity contribution in [3.05, 3.63) is 0 Å². The van der Waals surface area contributed by atoms with Crippen molar-refractivity contribution in [1.82, 2.24) is 10.2 Å². The van der Waals surface area contributed by atoms with Crippen molar-refractivity contribution in [3.8, 4) is 0 Å². The van der Waals surface area contributed by atoms with Crippen molar-refractivity contribution >= 4 is 17.9 Å². The molecule has 0 saturated heterocycles. The van der Waals surface area contributed by atoms with Crippen LogP contribution in [0.25, 0.3) is 0 Å². The fraction of sp³-hybridized carbons (Fsp3) is 0.727. The molecule has 104 valence electrons. The summed E-state index contributed by atoms with van der Waals surface area (Å²) in [6.07, 6.45) is 1.37. The first-order valence-corrected chi connectivity index (χ1v) is 5.98. The Morgan fingerprint density at radius 1 is 1.33 bits per heavy atom. The van der Waals surface area contributed by atoms with Crippen LogP contribution in [0, 0.1) is 0 Å². The number of carbonyl (C=O) groups is 3. The molecule has 0 aromatic heterocycles. The van der Waals surface area contributed by atoms with E-state index in [0.29, 0.717) is 13.1 Å². The number of primary amides is 1. The van der Waals surface area contributed by atoms with Gasteiger partial charge in [0.05, 0.1) is 6.42 Å². The highest BCUT2D eigenvalue weighted by molar-refractivity contribution is 5.87. The lowest BCUT2D eigenvalue weighted by Crippen LogP contribution is -2.49. The molecule has 7 nitrogen and oxygen atoms in total. The number of amides is 3. The lowest BCUT2D eigenvalue weighted by Gasteiger charge is -2.23. The van der Waals surface area contributed by atoms with E-state index in [0.717, 1.165) is 12.8 Å². The topological polar surface area (TPSA) is 113 Å². The van der Waals surface area contributed by atoms with Crippen molar-refractivity contribution in [3.63, 3.8) is 0 Å². The van der Waals surface area contributed by atoms with E-state index in [1.807, 2.05) is 6.92 Å². The zero-order valence-electron chi connectivity index (χ0n) is 10.8. The minimum absolute atomic E-state index is 0.410. The standard InChI is InChI=1S/C11H21N3O4/c1-3-5-6-14(4-2)11(18)13-8(10(16)17)7-9(12)15/h8H,3-7H2,1-2H3,(H2,12,15)(H,13,18)(H,16,17)/t8-/m1/s1. The molecule has 0 aromatic rings. The van der Waals surface area contributed by atoms with Gasteiger partial charge in [-0.3, -0.25) is 4.79 Å². The molecular formula is C11H21N3O4. The van der Waals surface area contributed by atoms with E-state index in [4.69, 9.17) is 10.8 Å². The monoisotopic (exact) mass is 259 g/mol. The smallest absolute Gasteiger partial charge is 0.326 e. The molecule has 0 bridgehead atoms. The summed E-state index contributed by atoms with van der Waals surface area (Å²) < 4.78 is 0. The molecule has 0 heterocycles. The molecule has 3 amide bonds. The Labute approximate surface area is 106 Å². The number of unbranched alkanes of at least 4 members (excludes halogenated alkanes) is 1. The third-order valence-electron chi connectivity index (χ3n) is 2.45. The van der Waals surface area contributed by atoms with Crippen molar-refractivity contribution in [2.75, 3.05) is 13.1 Å². The van der Waals surface area contributed by atoms with Gasteiger partial charge in [-0.2, -0.15) is 0 Å². The summed E-state index contributed by atoms with van der Waals surface area (Å²) in [6.45, 7) is 4.84.